The van der Waals surface area contributed by atoms with Gasteiger partial charge in [0.15, 0.2) is 17.5 Å². The minimum Gasteiger partial charge on any atom is -0.204 e. The average molecular weight is 330 g/mol. The number of benzene rings is 2. The summed E-state index contributed by atoms with van der Waals surface area (Å²) in [6, 6.07) is 8.03. The van der Waals surface area contributed by atoms with E-state index in [0.29, 0.717) is 11.5 Å². The van der Waals surface area contributed by atoms with Crippen molar-refractivity contribution in [3.05, 3.63) is 71.1 Å². The molecule has 1 aliphatic rings. The number of aryl methyl sites for hydroxylation is 1. The highest BCUT2D eigenvalue weighted by molar-refractivity contribution is 5.65. The van der Waals surface area contributed by atoms with Gasteiger partial charge >= 0.3 is 0 Å². The molecular formula is C21H21F3. The Morgan fingerprint density at radius 3 is 2.46 bits per heavy atom. The molecule has 0 amide bonds. The molecule has 2 aromatic carbocycles. The molecule has 126 valence electrons. The fourth-order valence-electron chi connectivity index (χ4n) is 3.48. The van der Waals surface area contributed by atoms with E-state index in [9.17, 15) is 13.2 Å². The van der Waals surface area contributed by atoms with E-state index in [4.69, 9.17) is 0 Å². The maximum Gasteiger partial charge on any atom is 0.194 e. The first-order valence-electron chi connectivity index (χ1n) is 8.46. The summed E-state index contributed by atoms with van der Waals surface area (Å²) in [4.78, 5) is 0. The molecule has 0 fully saturated rings. The maximum atomic E-state index is 13.4. The zero-order valence-electron chi connectivity index (χ0n) is 13.8. The standard InChI is InChI=1S/C21H21F3/c1-2-3-4-5-14-6-7-16-11-17(9-8-15(16)10-14)18-12-19(22)21(24)20(23)13-18/h2-3,8-9,11-14H,4-7,10H2,1H3/b3-2+. The molecule has 0 saturated heterocycles. The Hall–Kier alpha value is -2.03. The van der Waals surface area contributed by atoms with Crippen LogP contribution in [0.4, 0.5) is 13.2 Å². The van der Waals surface area contributed by atoms with Crippen LogP contribution in [-0.4, -0.2) is 0 Å². The second kappa shape index (κ2) is 7.25. The molecule has 0 bridgehead atoms. The highest BCUT2D eigenvalue weighted by Crippen LogP contribution is 2.32. The van der Waals surface area contributed by atoms with E-state index in [-0.39, 0.29) is 0 Å². The molecule has 2 aromatic rings. The lowest BCUT2D eigenvalue weighted by molar-refractivity contribution is 0.430. The van der Waals surface area contributed by atoms with E-state index in [1.165, 1.54) is 17.5 Å². The molecule has 0 heterocycles. The van der Waals surface area contributed by atoms with E-state index >= 15 is 0 Å². The number of allylic oxidation sites excluding steroid dienone is 2. The SMILES string of the molecule is C/C=C/CCC1CCc2cc(-c3cc(F)c(F)c(F)c3)ccc2C1. The van der Waals surface area contributed by atoms with Gasteiger partial charge in [-0.25, -0.2) is 13.2 Å². The molecule has 1 unspecified atom stereocenters. The van der Waals surface area contributed by atoms with Gasteiger partial charge in [0.2, 0.25) is 0 Å². The summed E-state index contributed by atoms with van der Waals surface area (Å²) in [5.74, 6) is -3.01. The molecular weight excluding hydrogens is 309 g/mol. The molecule has 1 atom stereocenters. The van der Waals surface area contributed by atoms with Crippen molar-refractivity contribution in [2.75, 3.05) is 0 Å². The molecule has 0 N–H and O–H groups in total. The van der Waals surface area contributed by atoms with Crippen LogP contribution in [0.25, 0.3) is 11.1 Å². The summed E-state index contributed by atoms with van der Waals surface area (Å²) < 4.78 is 40.0. The van der Waals surface area contributed by atoms with Crippen LogP contribution >= 0.6 is 0 Å². The van der Waals surface area contributed by atoms with Gasteiger partial charge in [-0.05, 0) is 79.3 Å². The molecule has 0 aromatic heterocycles. The van der Waals surface area contributed by atoms with Gasteiger partial charge in [0.1, 0.15) is 0 Å². The predicted octanol–water partition coefficient (Wildman–Crippen LogP) is 6.23. The summed E-state index contributed by atoms with van der Waals surface area (Å²) in [6.45, 7) is 2.04. The Morgan fingerprint density at radius 2 is 1.75 bits per heavy atom. The molecule has 3 rings (SSSR count). The van der Waals surface area contributed by atoms with Crippen LogP contribution in [0.3, 0.4) is 0 Å². The van der Waals surface area contributed by atoms with Gasteiger partial charge in [0, 0.05) is 0 Å². The van der Waals surface area contributed by atoms with Gasteiger partial charge in [-0.15, -0.1) is 0 Å². The first-order valence-corrected chi connectivity index (χ1v) is 8.46. The zero-order valence-corrected chi connectivity index (χ0v) is 13.8. The highest BCUT2D eigenvalue weighted by atomic mass is 19.2. The number of fused-ring (bicyclic) bond motifs is 1. The number of rotatable bonds is 4. The van der Waals surface area contributed by atoms with Crippen molar-refractivity contribution in [2.24, 2.45) is 5.92 Å². The summed E-state index contributed by atoms with van der Waals surface area (Å²) >= 11 is 0. The van der Waals surface area contributed by atoms with Crippen LogP contribution in [0.1, 0.15) is 37.3 Å². The number of hydrogen-bond acceptors (Lipinski definition) is 0. The van der Waals surface area contributed by atoms with Gasteiger partial charge in [-0.1, -0.05) is 30.4 Å². The Morgan fingerprint density at radius 1 is 1.00 bits per heavy atom. The van der Waals surface area contributed by atoms with E-state index in [1.54, 1.807) is 0 Å². The van der Waals surface area contributed by atoms with Crippen LogP contribution in [0, 0.1) is 23.4 Å². The average Bonchev–Trinajstić information content (AvgIpc) is 2.59. The first kappa shape index (κ1) is 16.8. The lowest BCUT2D eigenvalue weighted by Gasteiger charge is -2.25. The van der Waals surface area contributed by atoms with Crippen LogP contribution in [-0.2, 0) is 12.8 Å². The van der Waals surface area contributed by atoms with E-state index in [2.05, 4.69) is 12.2 Å². The summed E-state index contributed by atoms with van der Waals surface area (Å²) in [7, 11) is 0. The fraction of sp³-hybridized carbons (Fsp3) is 0.333. The third-order valence-corrected chi connectivity index (χ3v) is 4.83. The first-order chi connectivity index (χ1) is 11.6. The van der Waals surface area contributed by atoms with Gasteiger partial charge in [-0.2, -0.15) is 0 Å². The van der Waals surface area contributed by atoms with Crippen molar-refractivity contribution in [3.63, 3.8) is 0 Å². The minimum absolute atomic E-state index is 0.379. The van der Waals surface area contributed by atoms with Crippen molar-refractivity contribution >= 4 is 0 Å². The third-order valence-electron chi connectivity index (χ3n) is 4.83. The normalized spacial score (nSPS) is 17.2. The van der Waals surface area contributed by atoms with Crippen molar-refractivity contribution < 1.29 is 13.2 Å². The highest BCUT2D eigenvalue weighted by Gasteiger charge is 2.19. The van der Waals surface area contributed by atoms with Crippen LogP contribution in [0.5, 0.6) is 0 Å². The van der Waals surface area contributed by atoms with Crippen LogP contribution in [0.15, 0.2) is 42.5 Å². The van der Waals surface area contributed by atoms with Crippen molar-refractivity contribution in [3.8, 4) is 11.1 Å². The van der Waals surface area contributed by atoms with Gasteiger partial charge < -0.3 is 0 Å². The lowest BCUT2D eigenvalue weighted by atomic mass is 9.80. The minimum atomic E-state index is -1.42. The Balaban J connectivity index is 1.81. The predicted molar refractivity (Wildman–Crippen MR) is 91.3 cm³/mol. The van der Waals surface area contributed by atoms with Crippen molar-refractivity contribution in [1.29, 1.82) is 0 Å². The van der Waals surface area contributed by atoms with Gasteiger partial charge in [-0.3, -0.25) is 0 Å². The van der Waals surface area contributed by atoms with E-state index in [1.807, 2.05) is 25.1 Å². The third kappa shape index (κ3) is 3.55. The van der Waals surface area contributed by atoms with Gasteiger partial charge in [0.05, 0.1) is 0 Å². The monoisotopic (exact) mass is 330 g/mol. The Labute approximate surface area is 141 Å². The zero-order chi connectivity index (χ0) is 17.1. The largest absolute Gasteiger partial charge is 0.204 e. The van der Waals surface area contributed by atoms with E-state index < -0.39 is 17.5 Å². The van der Waals surface area contributed by atoms with E-state index in [0.717, 1.165) is 43.4 Å². The second-order valence-corrected chi connectivity index (χ2v) is 6.49. The lowest BCUT2D eigenvalue weighted by Crippen LogP contribution is -2.14. The number of hydrogen-bond donors (Lipinski definition) is 0. The summed E-state index contributed by atoms with van der Waals surface area (Å²) in [6.07, 6.45) is 9.78. The smallest absolute Gasteiger partial charge is 0.194 e. The molecule has 3 heteroatoms. The van der Waals surface area contributed by atoms with Crippen molar-refractivity contribution in [2.45, 2.75) is 39.0 Å². The number of halogens is 3. The molecule has 0 aliphatic heterocycles. The second-order valence-electron chi connectivity index (χ2n) is 6.49. The summed E-state index contributed by atoms with van der Waals surface area (Å²) in [5, 5.41) is 0. The van der Waals surface area contributed by atoms with Gasteiger partial charge in [0.25, 0.3) is 0 Å². The van der Waals surface area contributed by atoms with Crippen molar-refractivity contribution in [1.82, 2.24) is 0 Å². The maximum absolute atomic E-state index is 13.4. The van der Waals surface area contributed by atoms with Crippen LogP contribution < -0.4 is 0 Å². The van der Waals surface area contributed by atoms with Crippen LogP contribution in [0.2, 0.25) is 0 Å². The topological polar surface area (TPSA) is 0 Å². The molecule has 0 radical (unpaired) electrons. The molecule has 1 aliphatic carbocycles. The molecule has 24 heavy (non-hydrogen) atoms. The quantitative estimate of drug-likeness (QED) is 0.460. The Kier molecular flexibility index (Phi) is 5.08. The summed E-state index contributed by atoms with van der Waals surface area (Å²) in [5.41, 5.74) is 3.67. The molecule has 0 saturated carbocycles. The molecule has 0 nitrogen and oxygen atoms in total. The molecule has 0 spiro atoms. The fourth-order valence-corrected chi connectivity index (χ4v) is 3.48. The Bertz CT molecular complexity index is 739.